The normalized spacial score (nSPS) is 15.8. The Bertz CT molecular complexity index is 294. The molecule has 0 aromatic carbocycles. The van der Waals surface area contributed by atoms with Crippen LogP contribution in [0.4, 0.5) is 0 Å². The van der Waals surface area contributed by atoms with E-state index in [0.717, 1.165) is 32.3 Å². The molecule has 2 rings (SSSR count). The Morgan fingerprint density at radius 3 is 3.20 bits per heavy atom. The van der Waals surface area contributed by atoms with Crippen molar-refractivity contribution in [2.75, 3.05) is 19.8 Å². The summed E-state index contributed by atoms with van der Waals surface area (Å²) >= 11 is 0. The molecule has 1 aliphatic carbocycles. The number of ether oxygens (including phenoxy) is 1. The van der Waals surface area contributed by atoms with Gasteiger partial charge in [0.1, 0.15) is 0 Å². The molecule has 4 nitrogen and oxygen atoms in total. The van der Waals surface area contributed by atoms with E-state index in [1.807, 2.05) is 19.4 Å². The van der Waals surface area contributed by atoms with Gasteiger partial charge in [-0.25, -0.2) is 4.98 Å². The summed E-state index contributed by atoms with van der Waals surface area (Å²) in [5.74, 6) is 0. The lowest BCUT2D eigenvalue weighted by Crippen LogP contribution is -2.20. The monoisotopic (exact) mass is 209 g/mol. The lowest BCUT2D eigenvalue weighted by atomic mass is 10.4. The molecule has 4 heteroatoms. The van der Waals surface area contributed by atoms with Gasteiger partial charge in [-0.3, -0.25) is 0 Å². The van der Waals surface area contributed by atoms with Crippen LogP contribution in [0.25, 0.3) is 0 Å². The first-order valence-corrected chi connectivity index (χ1v) is 5.71. The van der Waals surface area contributed by atoms with E-state index in [1.165, 1.54) is 18.5 Å². The zero-order chi connectivity index (χ0) is 10.5. The van der Waals surface area contributed by atoms with E-state index in [-0.39, 0.29) is 0 Å². The van der Waals surface area contributed by atoms with E-state index >= 15 is 0 Å². The number of nitrogens with zero attached hydrogens (tertiary/aromatic N) is 2. The summed E-state index contributed by atoms with van der Waals surface area (Å²) in [5.41, 5.74) is 1.29. The maximum atomic E-state index is 5.26. The molecule has 1 N–H and O–H groups in total. The molecule has 1 saturated carbocycles. The minimum atomic E-state index is 0.719. The van der Waals surface area contributed by atoms with E-state index in [4.69, 9.17) is 4.74 Å². The highest BCUT2D eigenvalue weighted by molar-refractivity contribution is 5.03. The van der Waals surface area contributed by atoms with E-state index in [9.17, 15) is 0 Å². The predicted octanol–water partition coefficient (Wildman–Crippen LogP) is 1.34. The first-order chi connectivity index (χ1) is 7.42. The summed E-state index contributed by atoms with van der Waals surface area (Å²) in [6.07, 6.45) is 6.51. The second-order valence-corrected chi connectivity index (χ2v) is 3.90. The van der Waals surface area contributed by atoms with Crippen LogP contribution in [0.3, 0.4) is 0 Å². The molecule has 84 valence electrons. The minimum absolute atomic E-state index is 0.719. The average molecular weight is 209 g/mol. The Kier molecular flexibility index (Phi) is 3.75. The fourth-order valence-electron chi connectivity index (χ4n) is 1.66. The first kappa shape index (κ1) is 10.6. The molecule has 0 radical (unpaired) electrons. The van der Waals surface area contributed by atoms with Crippen molar-refractivity contribution in [3.8, 4) is 0 Å². The van der Waals surface area contributed by atoms with Crippen LogP contribution in [0.1, 0.15) is 31.5 Å². The Labute approximate surface area is 90.6 Å². The number of hydrogen-bond acceptors (Lipinski definition) is 3. The molecule has 15 heavy (non-hydrogen) atoms. The number of hydrogen-bond donors (Lipinski definition) is 1. The van der Waals surface area contributed by atoms with Gasteiger partial charge in [0, 0.05) is 31.9 Å². The molecular formula is C11H19N3O. The van der Waals surface area contributed by atoms with Crippen LogP contribution in [0.2, 0.25) is 0 Å². The van der Waals surface area contributed by atoms with Crippen LogP contribution in [0, 0.1) is 0 Å². The quantitative estimate of drug-likeness (QED) is 0.689. The van der Waals surface area contributed by atoms with Gasteiger partial charge in [-0.2, -0.15) is 0 Å². The van der Waals surface area contributed by atoms with Gasteiger partial charge >= 0.3 is 0 Å². The second kappa shape index (κ2) is 5.28. The van der Waals surface area contributed by atoms with Gasteiger partial charge in [0.15, 0.2) is 0 Å². The van der Waals surface area contributed by atoms with Crippen LogP contribution < -0.4 is 5.32 Å². The highest BCUT2D eigenvalue weighted by Gasteiger charge is 2.24. The van der Waals surface area contributed by atoms with Crippen molar-refractivity contribution < 1.29 is 4.74 Å². The van der Waals surface area contributed by atoms with Crippen molar-refractivity contribution in [2.24, 2.45) is 0 Å². The molecule has 1 aliphatic rings. The van der Waals surface area contributed by atoms with Crippen molar-refractivity contribution in [2.45, 2.75) is 32.4 Å². The van der Waals surface area contributed by atoms with Crippen LogP contribution in [-0.2, 0) is 11.3 Å². The van der Waals surface area contributed by atoms with Gasteiger partial charge in [0.25, 0.3) is 0 Å². The molecule has 1 heterocycles. The van der Waals surface area contributed by atoms with E-state index in [2.05, 4.69) is 14.9 Å². The Hall–Kier alpha value is -0.870. The Morgan fingerprint density at radius 1 is 1.60 bits per heavy atom. The second-order valence-electron chi connectivity index (χ2n) is 3.90. The summed E-state index contributed by atoms with van der Waals surface area (Å²) in [4.78, 5) is 4.19. The molecule has 0 spiro atoms. The molecule has 0 bridgehead atoms. The van der Waals surface area contributed by atoms with Gasteiger partial charge in [-0.05, 0) is 19.8 Å². The summed E-state index contributed by atoms with van der Waals surface area (Å²) < 4.78 is 7.54. The molecule has 1 aromatic rings. The molecule has 1 aromatic heterocycles. The summed E-state index contributed by atoms with van der Waals surface area (Å²) in [6.45, 7) is 5.39. The topological polar surface area (TPSA) is 39.1 Å². The molecule has 0 amide bonds. The van der Waals surface area contributed by atoms with Crippen LogP contribution in [0.15, 0.2) is 12.5 Å². The SMILES string of the molecule is CCOCCNCc1cncn1C1CC1. The molecule has 0 saturated heterocycles. The third-order valence-electron chi connectivity index (χ3n) is 2.62. The van der Waals surface area contributed by atoms with Gasteiger partial charge in [0.2, 0.25) is 0 Å². The number of imidazole rings is 1. The first-order valence-electron chi connectivity index (χ1n) is 5.71. The molecule has 0 unspecified atom stereocenters. The molecule has 0 aliphatic heterocycles. The lowest BCUT2D eigenvalue weighted by molar-refractivity contribution is 0.149. The van der Waals surface area contributed by atoms with E-state index < -0.39 is 0 Å². The molecular weight excluding hydrogens is 190 g/mol. The average Bonchev–Trinajstić information content (AvgIpc) is 2.99. The summed E-state index contributed by atoms with van der Waals surface area (Å²) in [7, 11) is 0. The predicted molar refractivity (Wildman–Crippen MR) is 58.7 cm³/mol. The lowest BCUT2D eigenvalue weighted by Gasteiger charge is -2.07. The van der Waals surface area contributed by atoms with Crippen molar-refractivity contribution in [1.82, 2.24) is 14.9 Å². The number of rotatable bonds is 7. The highest BCUT2D eigenvalue weighted by Crippen LogP contribution is 2.35. The summed E-state index contributed by atoms with van der Waals surface area (Å²) in [6, 6.07) is 0.719. The Balaban J connectivity index is 1.70. The van der Waals surface area contributed by atoms with E-state index in [1.54, 1.807) is 0 Å². The van der Waals surface area contributed by atoms with Gasteiger partial charge < -0.3 is 14.6 Å². The third kappa shape index (κ3) is 3.04. The van der Waals surface area contributed by atoms with Gasteiger partial charge in [-0.15, -0.1) is 0 Å². The molecule has 1 fully saturated rings. The number of nitrogens with one attached hydrogen (secondary N) is 1. The highest BCUT2D eigenvalue weighted by atomic mass is 16.5. The fraction of sp³-hybridized carbons (Fsp3) is 0.727. The van der Waals surface area contributed by atoms with Crippen LogP contribution >= 0.6 is 0 Å². The Morgan fingerprint density at radius 2 is 2.47 bits per heavy atom. The standard InChI is InChI=1S/C11H19N3O/c1-2-15-6-5-12-7-11-8-13-9-14(11)10-3-4-10/h8-10,12H,2-7H2,1H3. The fourth-order valence-corrected chi connectivity index (χ4v) is 1.66. The minimum Gasteiger partial charge on any atom is -0.380 e. The number of aromatic nitrogens is 2. The van der Waals surface area contributed by atoms with Crippen molar-refractivity contribution in [1.29, 1.82) is 0 Å². The van der Waals surface area contributed by atoms with E-state index in [0.29, 0.717) is 0 Å². The van der Waals surface area contributed by atoms with Gasteiger partial charge in [0.05, 0.1) is 18.6 Å². The maximum Gasteiger partial charge on any atom is 0.0951 e. The zero-order valence-electron chi connectivity index (χ0n) is 9.28. The smallest absolute Gasteiger partial charge is 0.0951 e. The van der Waals surface area contributed by atoms with Crippen molar-refractivity contribution in [3.05, 3.63) is 18.2 Å². The third-order valence-corrected chi connectivity index (χ3v) is 2.62. The van der Waals surface area contributed by atoms with Crippen molar-refractivity contribution >= 4 is 0 Å². The summed E-state index contributed by atoms with van der Waals surface area (Å²) in [5, 5.41) is 3.36. The van der Waals surface area contributed by atoms with Crippen molar-refractivity contribution in [3.63, 3.8) is 0 Å². The van der Waals surface area contributed by atoms with Crippen LogP contribution in [-0.4, -0.2) is 29.3 Å². The van der Waals surface area contributed by atoms with Gasteiger partial charge in [-0.1, -0.05) is 0 Å². The largest absolute Gasteiger partial charge is 0.380 e. The van der Waals surface area contributed by atoms with Crippen LogP contribution in [0.5, 0.6) is 0 Å². The molecule has 0 atom stereocenters. The maximum absolute atomic E-state index is 5.26. The zero-order valence-corrected chi connectivity index (χ0v) is 9.28.